The Kier molecular flexibility index (Phi) is 2.70. The predicted molar refractivity (Wildman–Crippen MR) is 59.8 cm³/mol. The fourth-order valence-electron chi connectivity index (χ4n) is 1.40. The molecule has 1 heterocycles. The summed E-state index contributed by atoms with van der Waals surface area (Å²) in [6.07, 6.45) is 0. The van der Waals surface area contributed by atoms with Gasteiger partial charge in [0, 0.05) is 12.1 Å². The van der Waals surface area contributed by atoms with Crippen LogP contribution in [0.2, 0.25) is 0 Å². The van der Waals surface area contributed by atoms with Gasteiger partial charge >= 0.3 is 0 Å². The fraction of sp³-hybridized carbons (Fsp3) is 0.0909. The van der Waals surface area contributed by atoms with E-state index in [-0.39, 0.29) is 18.0 Å². The lowest BCUT2D eigenvalue weighted by molar-refractivity contribution is 0.444. The summed E-state index contributed by atoms with van der Waals surface area (Å²) < 4.78 is 0. The number of aromatic hydroxyl groups is 1. The van der Waals surface area contributed by atoms with Gasteiger partial charge in [-0.25, -0.2) is 0 Å². The summed E-state index contributed by atoms with van der Waals surface area (Å²) in [6.45, 7) is -0.0385. The first kappa shape index (κ1) is 10.4. The summed E-state index contributed by atoms with van der Waals surface area (Å²) >= 11 is 0. The van der Waals surface area contributed by atoms with Gasteiger partial charge in [0.05, 0.1) is 5.56 Å². The molecule has 5 nitrogen and oxygen atoms in total. The van der Waals surface area contributed by atoms with E-state index in [2.05, 4.69) is 9.97 Å². The molecule has 0 saturated heterocycles. The van der Waals surface area contributed by atoms with Crippen LogP contribution in [0.25, 0.3) is 11.4 Å². The minimum Gasteiger partial charge on any atom is -0.493 e. The van der Waals surface area contributed by atoms with Crippen LogP contribution in [0.15, 0.2) is 35.1 Å². The van der Waals surface area contributed by atoms with Crippen LogP contribution in [0.4, 0.5) is 0 Å². The van der Waals surface area contributed by atoms with Crippen LogP contribution in [0.5, 0.6) is 5.88 Å². The molecule has 0 bridgehead atoms. The Morgan fingerprint density at radius 2 is 2.00 bits per heavy atom. The third kappa shape index (κ3) is 1.80. The molecule has 0 aliphatic rings. The van der Waals surface area contributed by atoms with E-state index in [1.165, 1.54) is 0 Å². The lowest BCUT2D eigenvalue weighted by Gasteiger charge is -2.03. The van der Waals surface area contributed by atoms with Crippen LogP contribution >= 0.6 is 0 Å². The largest absolute Gasteiger partial charge is 0.493 e. The van der Waals surface area contributed by atoms with E-state index in [0.717, 1.165) is 5.56 Å². The summed E-state index contributed by atoms with van der Waals surface area (Å²) in [4.78, 5) is 18.0. The molecule has 0 fully saturated rings. The number of aromatic amines is 1. The average Bonchev–Trinajstić information content (AvgIpc) is 2.30. The van der Waals surface area contributed by atoms with Gasteiger partial charge in [-0.3, -0.25) is 4.79 Å². The number of aromatic nitrogens is 2. The highest BCUT2D eigenvalue weighted by Gasteiger charge is 2.09. The maximum absolute atomic E-state index is 11.5. The summed E-state index contributed by atoms with van der Waals surface area (Å²) in [5, 5.41) is 9.52. The van der Waals surface area contributed by atoms with Crippen LogP contribution in [0, 0.1) is 0 Å². The van der Waals surface area contributed by atoms with Gasteiger partial charge in [-0.05, 0) is 0 Å². The van der Waals surface area contributed by atoms with Crippen molar-refractivity contribution in [1.29, 1.82) is 0 Å². The highest BCUT2D eigenvalue weighted by molar-refractivity contribution is 5.55. The molecule has 16 heavy (non-hydrogen) atoms. The molecule has 1 aromatic carbocycles. The van der Waals surface area contributed by atoms with Crippen LogP contribution in [0.3, 0.4) is 0 Å². The molecule has 0 unspecified atom stereocenters. The highest BCUT2D eigenvalue weighted by Crippen LogP contribution is 2.16. The van der Waals surface area contributed by atoms with Gasteiger partial charge in [0.2, 0.25) is 5.88 Å². The van der Waals surface area contributed by atoms with E-state index in [4.69, 9.17) is 5.73 Å². The summed E-state index contributed by atoms with van der Waals surface area (Å²) in [5.74, 6) is 0.0189. The first-order chi connectivity index (χ1) is 7.72. The topological polar surface area (TPSA) is 92.0 Å². The van der Waals surface area contributed by atoms with Crippen LogP contribution in [-0.4, -0.2) is 15.1 Å². The van der Waals surface area contributed by atoms with Crippen LogP contribution < -0.4 is 11.3 Å². The second kappa shape index (κ2) is 4.16. The maximum Gasteiger partial charge on any atom is 0.259 e. The SMILES string of the molecule is NCc1c(O)nc(-c2ccccc2)[nH]c1=O. The fourth-order valence-corrected chi connectivity index (χ4v) is 1.40. The van der Waals surface area contributed by atoms with Gasteiger partial charge in [-0.15, -0.1) is 0 Å². The van der Waals surface area contributed by atoms with Crippen LogP contribution in [0.1, 0.15) is 5.56 Å². The first-order valence-corrected chi connectivity index (χ1v) is 4.80. The molecule has 0 saturated carbocycles. The second-order valence-corrected chi connectivity index (χ2v) is 3.29. The Balaban J connectivity index is 2.57. The molecule has 0 spiro atoms. The van der Waals surface area contributed by atoms with Crippen molar-refractivity contribution in [3.63, 3.8) is 0 Å². The van der Waals surface area contributed by atoms with Crippen molar-refractivity contribution in [1.82, 2.24) is 9.97 Å². The molecule has 0 atom stereocenters. The zero-order valence-corrected chi connectivity index (χ0v) is 8.47. The molecule has 1 aromatic heterocycles. The van der Waals surface area contributed by atoms with Gasteiger partial charge in [0.15, 0.2) is 0 Å². The summed E-state index contributed by atoms with van der Waals surface area (Å²) in [7, 11) is 0. The quantitative estimate of drug-likeness (QED) is 0.686. The van der Waals surface area contributed by atoms with E-state index >= 15 is 0 Å². The number of rotatable bonds is 2. The van der Waals surface area contributed by atoms with Crippen molar-refractivity contribution in [2.45, 2.75) is 6.54 Å². The number of hydrogen-bond acceptors (Lipinski definition) is 4. The summed E-state index contributed by atoms with van der Waals surface area (Å²) in [6, 6.07) is 9.09. The lowest BCUT2D eigenvalue weighted by atomic mass is 10.2. The van der Waals surface area contributed by atoms with E-state index in [0.29, 0.717) is 5.82 Å². The number of nitrogens with one attached hydrogen (secondary N) is 1. The molecular formula is C11H11N3O2. The Labute approximate surface area is 91.6 Å². The van der Waals surface area contributed by atoms with Crippen molar-refractivity contribution >= 4 is 0 Å². The smallest absolute Gasteiger partial charge is 0.259 e. The Hall–Kier alpha value is -2.14. The first-order valence-electron chi connectivity index (χ1n) is 4.80. The van der Waals surface area contributed by atoms with Crippen molar-refractivity contribution in [3.8, 4) is 17.3 Å². The average molecular weight is 217 g/mol. The normalized spacial score (nSPS) is 10.3. The molecule has 2 aromatic rings. The van der Waals surface area contributed by atoms with Crippen molar-refractivity contribution in [2.24, 2.45) is 5.73 Å². The van der Waals surface area contributed by atoms with Gasteiger partial charge in [0.25, 0.3) is 5.56 Å². The predicted octanol–water partition coefficient (Wildman–Crippen LogP) is 0.601. The minimum atomic E-state index is -0.408. The lowest BCUT2D eigenvalue weighted by Crippen LogP contribution is -2.18. The van der Waals surface area contributed by atoms with E-state index in [9.17, 15) is 9.90 Å². The van der Waals surface area contributed by atoms with Gasteiger partial charge in [0.1, 0.15) is 5.82 Å². The monoisotopic (exact) mass is 217 g/mol. The van der Waals surface area contributed by atoms with Crippen molar-refractivity contribution in [3.05, 3.63) is 46.2 Å². The molecule has 0 radical (unpaired) electrons. The van der Waals surface area contributed by atoms with Crippen molar-refractivity contribution in [2.75, 3.05) is 0 Å². The minimum absolute atomic E-state index is 0.0385. The number of nitrogens with zero attached hydrogens (tertiary/aromatic N) is 1. The molecular weight excluding hydrogens is 206 g/mol. The molecule has 0 amide bonds. The van der Waals surface area contributed by atoms with E-state index < -0.39 is 5.56 Å². The third-order valence-electron chi connectivity index (χ3n) is 2.24. The zero-order chi connectivity index (χ0) is 11.5. The Morgan fingerprint density at radius 3 is 2.56 bits per heavy atom. The molecule has 0 aliphatic heterocycles. The van der Waals surface area contributed by atoms with E-state index in [1.54, 1.807) is 12.1 Å². The van der Waals surface area contributed by atoms with E-state index in [1.807, 2.05) is 18.2 Å². The third-order valence-corrected chi connectivity index (χ3v) is 2.24. The van der Waals surface area contributed by atoms with Crippen molar-refractivity contribution < 1.29 is 5.11 Å². The molecule has 4 N–H and O–H groups in total. The number of H-pyrrole nitrogens is 1. The number of hydrogen-bond donors (Lipinski definition) is 3. The van der Waals surface area contributed by atoms with Gasteiger partial charge in [-0.1, -0.05) is 30.3 Å². The molecule has 82 valence electrons. The Morgan fingerprint density at radius 1 is 1.31 bits per heavy atom. The van der Waals surface area contributed by atoms with Gasteiger partial charge in [-0.2, -0.15) is 4.98 Å². The standard InChI is InChI=1S/C11H11N3O2/c12-6-8-10(15)13-9(14-11(8)16)7-4-2-1-3-5-7/h1-5H,6,12H2,(H2,13,14,15,16). The summed E-state index contributed by atoms with van der Waals surface area (Å²) in [5.41, 5.74) is 5.74. The highest BCUT2D eigenvalue weighted by atomic mass is 16.3. The second-order valence-electron chi connectivity index (χ2n) is 3.29. The molecule has 2 rings (SSSR count). The number of benzene rings is 1. The maximum atomic E-state index is 11.5. The Bertz CT molecular complexity index is 549. The molecule has 5 heteroatoms. The van der Waals surface area contributed by atoms with Gasteiger partial charge < -0.3 is 15.8 Å². The van der Waals surface area contributed by atoms with Crippen LogP contribution in [-0.2, 0) is 6.54 Å². The molecule has 0 aliphatic carbocycles. The number of nitrogens with two attached hydrogens (primary N) is 1. The zero-order valence-electron chi connectivity index (χ0n) is 8.47.